The summed E-state index contributed by atoms with van der Waals surface area (Å²) < 4.78 is 13.3. The Hall–Kier alpha value is -2.00. The second kappa shape index (κ2) is 5.17. The van der Waals surface area contributed by atoms with Gasteiger partial charge in [-0.3, -0.25) is 0 Å². The highest BCUT2D eigenvalue weighted by Crippen LogP contribution is 2.29. The number of benzene rings is 2. The number of halogens is 1. The van der Waals surface area contributed by atoms with E-state index in [0.29, 0.717) is 4.88 Å². The molecule has 0 fully saturated rings. The summed E-state index contributed by atoms with van der Waals surface area (Å²) in [6.07, 6.45) is 0. The zero-order chi connectivity index (χ0) is 14.1. The van der Waals surface area contributed by atoms with E-state index in [1.54, 1.807) is 6.92 Å². The van der Waals surface area contributed by atoms with Crippen molar-refractivity contribution in [2.75, 3.05) is 0 Å². The first kappa shape index (κ1) is 13.0. The molecule has 3 heteroatoms. The fourth-order valence-electron chi connectivity index (χ4n) is 2.05. The van der Waals surface area contributed by atoms with Gasteiger partial charge in [-0.05, 0) is 25.0 Å². The van der Waals surface area contributed by atoms with Gasteiger partial charge in [0.25, 0.3) is 0 Å². The maximum Gasteiger partial charge on any atom is 0.227 e. The largest absolute Gasteiger partial charge is 0.227 e. The van der Waals surface area contributed by atoms with Crippen LogP contribution in [0.3, 0.4) is 0 Å². The molecule has 1 heterocycles. The summed E-state index contributed by atoms with van der Waals surface area (Å²) in [5, 5.41) is 0.732. The van der Waals surface area contributed by atoms with Gasteiger partial charge in [-0.1, -0.05) is 54.1 Å². The number of nitrogens with zero attached hydrogens (tertiary/aromatic N) is 1. The van der Waals surface area contributed by atoms with Crippen molar-refractivity contribution in [2.24, 2.45) is 0 Å². The number of rotatable bonds is 2. The van der Waals surface area contributed by atoms with E-state index in [1.807, 2.05) is 12.1 Å². The Balaban J connectivity index is 1.93. The Bertz CT molecular complexity index is 707. The lowest BCUT2D eigenvalue weighted by Gasteiger charge is -2.03. The van der Waals surface area contributed by atoms with Crippen molar-refractivity contribution in [3.8, 4) is 21.7 Å². The van der Waals surface area contributed by atoms with Crippen LogP contribution < -0.4 is 0 Å². The minimum atomic E-state index is -0.368. The molecule has 0 atom stereocenters. The van der Waals surface area contributed by atoms with E-state index >= 15 is 0 Å². The van der Waals surface area contributed by atoms with Crippen LogP contribution in [0, 0.1) is 19.8 Å². The quantitative estimate of drug-likeness (QED) is 0.627. The average molecular weight is 283 g/mol. The monoisotopic (exact) mass is 283 g/mol. The molecule has 0 spiro atoms. The van der Waals surface area contributed by atoms with Crippen LogP contribution in [0.2, 0.25) is 0 Å². The van der Waals surface area contributed by atoms with Crippen LogP contribution in [0.15, 0.2) is 48.5 Å². The predicted octanol–water partition coefficient (Wildman–Crippen LogP) is 5.23. The molecule has 1 aromatic heterocycles. The highest BCUT2D eigenvalue weighted by molar-refractivity contribution is 7.15. The van der Waals surface area contributed by atoms with Crippen LogP contribution in [0.25, 0.3) is 21.7 Å². The van der Waals surface area contributed by atoms with Gasteiger partial charge in [0.1, 0.15) is 5.01 Å². The Kier molecular flexibility index (Phi) is 3.36. The number of aryl methyl sites for hydroxylation is 2. The lowest BCUT2D eigenvalue weighted by atomic mass is 10.0. The summed E-state index contributed by atoms with van der Waals surface area (Å²) in [5.41, 5.74) is 4.54. The fourth-order valence-corrected chi connectivity index (χ4v) is 2.85. The third-order valence-electron chi connectivity index (χ3n) is 3.26. The molecule has 0 radical (unpaired) electrons. The van der Waals surface area contributed by atoms with Gasteiger partial charge < -0.3 is 0 Å². The molecular weight excluding hydrogens is 269 g/mol. The van der Waals surface area contributed by atoms with E-state index in [9.17, 15) is 4.39 Å². The lowest BCUT2D eigenvalue weighted by Crippen LogP contribution is -1.81. The fraction of sp³-hybridized carbons (Fsp3) is 0.118. The summed E-state index contributed by atoms with van der Waals surface area (Å²) >= 11 is 1.38. The van der Waals surface area contributed by atoms with E-state index in [-0.39, 0.29) is 5.95 Å². The van der Waals surface area contributed by atoms with Crippen molar-refractivity contribution in [3.05, 3.63) is 64.9 Å². The van der Waals surface area contributed by atoms with E-state index in [0.717, 1.165) is 16.1 Å². The number of hydrogen-bond acceptors (Lipinski definition) is 2. The molecule has 0 aliphatic carbocycles. The molecule has 0 amide bonds. The molecule has 0 saturated heterocycles. The molecule has 100 valence electrons. The first-order valence-electron chi connectivity index (χ1n) is 6.44. The molecule has 20 heavy (non-hydrogen) atoms. The Morgan fingerprint density at radius 2 is 1.30 bits per heavy atom. The normalized spacial score (nSPS) is 10.8. The lowest BCUT2D eigenvalue weighted by molar-refractivity contribution is 0.585. The molecule has 0 unspecified atom stereocenters. The maximum atomic E-state index is 13.3. The third kappa shape index (κ3) is 2.49. The molecule has 1 nitrogen and oxygen atoms in total. The Morgan fingerprint density at radius 1 is 0.800 bits per heavy atom. The van der Waals surface area contributed by atoms with Crippen molar-refractivity contribution in [1.82, 2.24) is 4.98 Å². The second-order valence-corrected chi connectivity index (χ2v) is 6.01. The summed E-state index contributed by atoms with van der Waals surface area (Å²) in [6.45, 7) is 3.82. The number of aromatic nitrogens is 1. The zero-order valence-corrected chi connectivity index (χ0v) is 12.2. The molecular formula is C17H14FNS. The van der Waals surface area contributed by atoms with Crippen LogP contribution in [0.4, 0.5) is 4.39 Å². The maximum absolute atomic E-state index is 13.3. The van der Waals surface area contributed by atoms with E-state index in [1.165, 1.54) is 22.5 Å². The van der Waals surface area contributed by atoms with Gasteiger partial charge in [-0.25, -0.2) is 4.98 Å². The highest BCUT2D eigenvalue weighted by atomic mass is 32.1. The first-order chi connectivity index (χ1) is 9.63. The number of thiazole rings is 1. The highest BCUT2D eigenvalue weighted by Gasteiger charge is 2.08. The van der Waals surface area contributed by atoms with Gasteiger partial charge in [-0.15, -0.1) is 11.3 Å². The number of hydrogen-bond donors (Lipinski definition) is 0. The van der Waals surface area contributed by atoms with Crippen molar-refractivity contribution < 1.29 is 4.39 Å². The van der Waals surface area contributed by atoms with Crippen molar-refractivity contribution >= 4 is 11.3 Å². The molecule has 2 aromatic carbocycles. The van der Waals surface area contributed by atoms with Gasteiger partial charge in [-0.2, -0.15) is 4.39 Å². The van der Waals surface area contributed by atoms with Crippen LogP contribution in [-0.2, 0) is 0 Å². The van der Waals surface area contributed by atoms with Gasteiger partial charge >= 0.3 is 0 Å². The smallest absolute Gasteiger partial charge is 0.208 e. The predicted molar refractivity (Wildman–Crippen MR) is 82.4 cm³/mol. The third-order valence-corrected chi connectivity index (χ3v) is 4.25. The summed E-state index contributed by atoms with van der Waals surface area (Å²) in [6, 6.07) is 16.5. The van der Waals surface area contributed by atoms with Crippen LogP contribution in [-0.4, -0.2) is 4.98 Å². The molecule has 0 aliphatic rings. The minimum absolute atomic E-state index is 0.368. The summed E-state index contributed by atoms with van der Waals surface area (Å²) in [4.78, 5) is 4.57. The molecule has 0 aliphatic heterocycles. The van der Waals surface area contributed by atoms with Gasteiger partial charge in [0, 0.05) is 5.56 Å². The molecule has 0 N–H and O–H groups in total. The first-order valence-corrected chi connectivity index (χ1v) is 7.25. The van der Waals surface area contributed by atoms with Gasteiger partial charge in [0.15, 0.2) is 0 Å². The van der Waals surface area contributed by atoms with Crippen molar-refractivity contribution in [1.29, 1.82) is 0 Å². The van der Waals surface area contributed by atoms with Gasteiger partial charge in [0.05, 0.1) is 4.88 Å². The van der Waals surface area contributed by atoms with Crippen molar-refractivity contribution in [2.45, 2.75) is 13.8 Å². The SMILES string of the molecule is Cc1ccc(-c2ccc(-c3nc(F)c(C)s3)cc2)cc1. The van der Waals surface area contributed by atoms with Gasteiger partial charge in [0.2, 0.25) is 5.95 Å². The van der Waals surface area contributed by atoms with Crippen LogP contribution in [0.5, 0.6) is 0 Å². The minimum Gasteiger partial charge on any atom is -0.208 e. The zero-order valence-electron chi connectivity index (χ0n) is 11.4. The molecule has 3 rings (SSSR count). The van der Waals surface area contributed by atoms with Crippen LogP contribution >= 0.6 is 11.3 Å². The Morgan fingerprint density at radius 3 is 1.80 bits per heavy atom. The Labute approximate surface area is 121 Å². The van der Waals surface area contributed by atoms with Crippen LogP contribution in [0.1, 0.15) is 10.4 Å². The van der Waals surface area contributed by atoms with E-state index in [2.05, 4.69) is 48.3 Å². The molecule has 0 saturated carbocycles. The molecule has 3 aromatic rings. The van der Waals surface area contributed by atoms with E-state index in [4.69, 9.17) is 0 Å². The topological polar surface area (TPSA) is 12.9 Å². The average Bonchev–Trinajstić information content (AvgIpc) is 2.80. The molecule has 0 bridgehead atoms. The summed E-state index contributed by atoms with van der Waals surface area (Å²) in [5.74, 6) is -0.368. The van der Waals surface area contributed by atoms with E-state index < -0.39 is 0 Å². The summed E-state index contributed by atoms with van der Waals surface area (Å²) in [7, 11) is 0. The standard InChI is InChI=1S/C17H14FNS/c1-11-3-5-13(6-4-11)14-7-9-15(10-8-14)17-19-16(18)12(2)20-17/h3-10H,1-2H3. The second-order valence-electron chi connectivity index (χ2n) is 4.81. The van der Waals surface area contributed by atoms with Crippen molar-refractivity contribution in [3.63, 3.8) is 0 Å².